The number of carbonyl (C=O) groups is 3. The summed E-state index contributed by atoms with van der Waals surface area (Å²) < 4.78 is 0. The second kappa shape index (κ2) is 10.3. The number of carboxylic acid groups (broad SMARTS) is 1. The lowest BCUT2D eigenvalue weighted by Gasteiger charge is -2.40. The molecule has 31 heavy (non-hydrogen) atoms. The van der Waals surface area contributed by atoms with Crippen LogP contribution in [-0.2, 0) is 20.8 Å². The fourth-order valence-corrected chi connectivity index (χ4v) is 5.03. The zero-order valence-corrected chi connectivity index (χ0v) is 18.9. The number of hydrogen-bond acceptors (Lipinski definition) is 3. The highest BCUT2D eigenvalue weighted by molar-refractivity contribution is 5.88. The zero-order valence-electron chi connectivity index (χ0n) is 18.9. The molecule has 2 heterocycles. The molecule has 0 radical (unpaired) electrons. The summed E-state index contributed by atoms with van der Waals surface area (Å²) in [6.07, 6.45) is 7.09. The van der Waals surface area contributed by atoms with E-state index in [4.69, 9.17) is 0 Å². The topological polar surface area (TPSA) is 77.9 Å². The van der Waals surface area contributed by atoms with Crippen LogP contribution in [0.15, 0.2) is 30.3 Å². The van der Waals surface area contributed by atoms with Crippen LogP contribution in [0.2, 0.25) is 0 Å². The quantitative estimate of drug-likeness (QED) is 0.576. The summed E-state index contributed by atoms with van der Waals surface area (Å²) in [4.78, 5) is 41.5. The van der Waals surface area contributed by atoms with Gasteiger partial charge < -0.3 is 14.9 Å². The molecule has 1 aromatic rings. The minimum absolute atomic E-state index is 0.119. The van der Waals surface area contributed by atoms with Gasteiger partial charge in [0.25, 0.3) is 0 Å². The van der Waals surface area contributed by atoms with Crippen molar-refractivity contribution >= 4 is 17.8 Å². The number of hydrogen-bond donors (Lipinski definition) is 1. The fourth-order valence-electron chi connectivity index (χ4n) is 5.03. The van der Waals surface area contributed by atoms with Gasteiger partial charge in [0.05, 0.1) is 5.92 Å². The number of carbonyl (C=O) groups excluding carboxylic acids is 2. The number of benzene rings is 1. The van der Waals surface area contributed by atoms with E-state index in [1.165, 1.54) is 12.8 Å². The van der Waals surface area contributed by atoms with Crippen molar-refractivity contribution < 1.29 is 19.5 Å². The Morgan fingerprint density at radius 2 is 1.87 bits per heavy atom. The Morgan fingerprint density at radius 1 is 1.16 bits per heavy atom. The number of unbranched alkanes of at least 4 members (excludes halogenated alkanes) is 4. The normalized spacial score (nSPS) is 24.2. The zero-order chi connectivity index (χ0) is 22.4. The SMILES string of the molecule is CCCCCCCC(=O)N1CCC2(C)CN([C@@H](Cc3ccccc3)C(=O)O)C(=O)C2C1. The van der Waals surface area contributed by atoms with Gasteiger partial charge in [-0.3, -0.25) is 9.59 Å². The van der Waals surface area contributed by atoms with E-state index in [1.54, 1.807) is 4.90 Å². The smallest absolute Gasteiger partial charge is 0.326 e. The molecule has 1 N–H and O–H groups in total. The molecule has 6 heteroatoms. The average Bonchev–Trinajstić information content (AvgIpc) is 3.02. The summed E-state index contributed by atoms with van der Waals surface area (Å²) in [5.74, 6) is -1.28. The van der Waals surface area contributed by atoms with E-state index >= 15 is 0 Å². The van der Waals surface area contributed by atoms with Gasteiger partial charge in [0.15, 0.2) is 0 Å². The van der Waals surface area contributed by atoms with Crippen molar-refractivity contribution in [1.29, 1.82) is 0 Å². The molecular weight excluding hydrogens is 392 g/mol. The van der Waals surface area contributed by atoms with Gasteiger partial charge >= 0.3 is 5.97 Å². The molecule has 0 bridgehead atoms. The molecular formula is C25H36N2O4. The maximum absolute atomic E-state index is 13.3. The lowest BCUT2D eigenvalue weighted by molar-refractivity contribution is -0.149. The number of rotatable bonds is 10. The van der Waals surface area contributed by atoms with Crippen molar-refractivity contribution in [1.82, 2.24) is 9.80 Å². The van der Waals surface area contributed by atoms with Crippen LogP contribution in [0.25, 0.3) is 0 Å². The fraction of sp³-hybridized carbons (Fsp3) is 0.640. The molecule has 6 nitrogen and oxygen atoms in total. The van der Waals surface area contributed by atoms with Crippen molar-refractivity contribution in [3.05, 3.63) is 35.9 Å². The maximum atomic E-state index is 13.3. The summed E-state index contributed by atoms with van der Waals surface area (Å²) in [7, 11) is 0. The first-order valence-electron chi connectivity index (χ1n) is 11.7. The maximum Gasteiger partial charge on any atom is 0.326 e. The summed E-state index contributed by atoms with van der Waals surface area (Å²) in [6, 6.07) is 8.57. The Kier molecular flexibility index (Phi) is 7.74. The van der Waals surface area contributed by atoms with E-state index in [1.807, 2.05) is 35.2 Å². The molecule has 2 saturated heterocycles. The molecule has 2 fully saturated rings. The highest BCUT2D eigenvalue weighted by Gasteiger charge is 2.54. The van der Waals surface area contributed by atoms with E-state index in [9.17, 15) is 19.5 Å². The highest BCUT2D eigenvalue weighted by atomic mass is 16.4. The number of piperidine rings is 1. The van der Waals surface area contributed by atoms with Gasteiger partial charge in [0.2, 0.25) is 11.8 Å². The van der Waals surface area contributed by atoms with Gasteiger partial charge in [-0.05, 0) is 18.4 Å². The van der Waals surface area contributed by atoms with E-state index in [0.717, 1.165) is 31.2 Å². The molecule has 3 rings (SSSR count). The van der Waals surface area contributed by atoms with Crippen molar-refractivity contribution in [2.45, 2.75) is 71.3 Å². The van der Waals surface area contributed by atoms with Gasteiger partial charge in [0, 0.05) is 37.9 Å². The van der Waals surface area contributed by atoms with Gasteiger partial charge in [-0.1, -0.05) is 69.9 Å². The van der Waals surface area contributed by atoms with Crippen LogP contribution >= 0.6 is 0 Å². The predicted molar refractivity (Wildman–Crippen MR) is 119 cm³/mol. The Bertz CT molecular complexity index is 781. The van der Waals surface area contributed by atoms with Gasteiger partial charge in [-0.25, -0.2) is 4.79 Å². The van der Waals surface area contributed by atoms with E-state index in [2.05, 4.69) is 13.8 Å². The second-order valence-electron chi connectivity index (χ2n) is 9.47. The number of amides is 2. The van der Waals surface area contributed by atoms with Gasteiger partial charge in [0.1, 0.15) is 6.04 Å². The molecule has 0 aliphatic carbocycles. The third-order valence-electron chi connectivity index (χ3n) is 7.09. The van der Waals surface area contributed by atoms with E-state index < -0.39 is 12.0 Å². The lowest BCUT2D eigenvalue weighted by atomic mass is 9.74. The molecule has 2 aliphatic heterocycles. The number of carboxylic acids is 1. The molecule has 2 amide bonds. The van der Waals surface area contributed by atoms with Crippen molar-refractivity contribution in [3.8, 4) is 0 Å². The molecule has 0 spiro atoms. The Balaban J connectivity index is 1.64. The van der Waals surface area contributed by atoms with Crippen LogP contribution in [0.4, 0.5) is 0 Å². The molecule has 1 aromatic carbocycles. The molecule has 2 unspecified atom stereocenters. The predicted octanol–water partition coefficient (Wildman–Crippen LogP) is 3.74. The summed E-state index contributed by atoms with van der Waals surface area (Å²) in [5.41, 5.74) is 0.627. The molecule has 3 atom stereocenters. The van der Waals surface area contributed by atoms with Gasteiger partial charge in [-0.15, -0.1) is 0 Å². The number of fused-ring (bicyclic) bond motifs is 1. The lowest BCUT2D eigenvalue weighted by Crippen LogP contribution is -2.48. The van der Waals surface area contributed by atoms with E-state index in [0.29, 0.717) is 32.5 Å². The highest BCUT2D eigenvalue weighted by Crippen LogP contribution is 2.44. The van der Waals surface area contributed by atoms with Crippen LogP contribution in [0, 0.1) is 11.3 Å². The molecule has 170 valence electrons. The Morgan fingerprint density at radius 3 is 2.55 bits per heavy atom. The van der Waals surface area contributed by atoms with Crippen LogP contribution < -0.4 is 0 Å². The van der Waals surface area contributed by atoms with E-state index in [-0.39, 0.29) is 23.1 Å². The third-order valence-corrected chi connectivity index (χ3v) is 7.09. The van der Waals surface area contributed by atoms with Crippen LogP contribution in [0.3, 0.4) is 0 Å². The summed E-state index contributed by atoms with van der Waals surface area (Å²) in [5, 5.41) is 9.87. The number of likely N-dealkylation sites (tertiary alicyclic amines) is 2. The van der Waals surface area contributed by atoms with Crippen molar-refractivity contribution in [2.24, 2.45) is 11.3 Å². The van der Waals surface area contributed by atoms with Crippen molar-refractivity contribution in [2.75, 3.05) is 19.6 Å². The number of aliphatic carboxylic acids is 1. The third kappa shape index (κ3) is 5.46. The van der Waals surface area contributed by atoms with Crippen LogP contribution in [-0.4, -0.2) is 58.4 Å². The summed E-state index contributed by atoms with van der Waals surface area (Å²) in [6.45, 7) is 5.76. The van der Waals surface area contributed by atoms with Crippen LogP contribution in [0.1, 0.15) is 64.4 Å². The minimum atomic E-state index is -0.973. The largest absolute Gasteiger partial charge is 0.480 e. The first-order chi connectivity index (χ1) is 14.9. The first-order valence-corrected chi connectivity index (χ1v) is 11.7. The monoisotopic (exact) mass is 428 g/mol. The average molecular weight is 429 g/mol. The minimum Gasteiger partial charge on any atom is -0.480 e. The first kappa shape index (κ1) is 23.3. The van der Waals surface area contributed by atoms with Crippen LogP contribution in [0.5, 0.6) is 0 Å². The molecule has 2 aliphatic rings. The molecule has 0 aromatic heterocycles. The van der Waals surface area contributed by atoms with Gasteiger partial charge in [-0.2, -0.15) is 0 Å². The molecule has 0 saturated carbocycles. The second-order valence-corrected chi connectivity index (χ2v) is 9.47. The Hall–Kier alpha value is -2.37. The standard InChI is InChI=1S/C25H36N2O4/c1-3-4-5-6-10-13-22(28)26-15-14-25(2)18-27(23(29)20(25)17-26)21(24(30)31)16-19-11-8-7-9-12-19/h7-9,11-12,20-21H,3-6,10,13-18H2,1-2H3,(H,30,31)/t20?,21-,25?/m0/s1. The number of nitrogens with zero attached hydrogens (tertiary/aromatic N) is 2. The summed E-state index contributed by atoms with van der Waals surface area (Å²) >= 11 is 0. The van der Waals surface area contributed by atoms with Crippen molar-refractivity contribution in [3.63, 3.8) is 0 Å². The Labute approximate surface area is 185 Å².